The second kappa shape index (κ2) is 21.7. The molecule has 1 aliphatic heterocycles. The predicted octanol–water partition coefficient (Wildman–Crippen LogP) is 22.2. The number of fused-ring (bicyclic) bond motifs is 16. The quantitative estimate of drug-likeness (QED) is 0.148. The molecule has 1 N–H and O–H groups in total. The number of anilines is 3. The molecule has 454 valence electrons. The topological polar surface area (TPSA) is 73.7 Å². The number of nitrogens with zero attached hydrogens (tertiary/aromatic N) is 8. The number of para-hydroxylation sites is 10. The van der Waals surface area contributed by atoms with Gasteiger partial charge in [-0.15, -0.1) is 0 Å². The van der Waals surface area contributed by atoms with Gasteiger partial charge in [-0.25, -0.2) is 15.0 Å². The number of rotatable bonds is 10. The van der Waals surface area contributed by atoms with Gasteiger partial charge in [-0.1, -0.05) is 237 Å². The lowest BCUT2D eigenvalue weighted by Gasteiger charge is -2.28. The first-order valence-corrected chi connectivity index (χ1v) is 33.1. The zero-order valence-corrected chi connectivity index (χ0v) is 52.4. The molecule has 0 saturated carbocycles. The SMILES string of the molecule is c1ccc(-c2nc(-c3ccccc3)nc(-c3cc(-n4c5ccccc5c5c6c(c7ccccc7n6-c6ccccc6)c6c(c7ccccc7n6-c6ccccc6)c54)c(-c4cccc(C5Nc6ccccc6N5c5ccccc5)c4)cc3-n3c4ccccc4c4ccccc43)n2)cc1. The molecule has 6 heterocycles. The van der Waals surface area contributed by atoms with Crippen LogP contribution in [0.1, 0.15) is 11.7 Å². The zero-order chi connectivity index (χ0) is 63.7. The molecule has 9 heteroatoms. The van der Waals surface area contributed by atoms with Crippen molar-refractivity contribution in [3.05, 3.63) is 339 Å². The third-order valence-electron chi connectivity index (χ3n) is 19.7. The first-order chi connectivity index (χ1) is 48.2. The largest absolute Gasteiger partial charge is 0.359 e. The van der Waals surface area contributed by atoms with Gasteiger partial charge in [0.15, 0.2) is 17.5 Å². The van der Waals surface area contributed by atoms with E-state index in [9.17, 15) is 0 Å². The highest BCUT2D eigenvalue weighted by atomic mass is 15.3. The molecule has 1 atom stereocenters. The van der Waals surface area contributed by atoms with E-state index in [1.54, 1.807) is 0 Å². The maximum Gasteiger partial charge on any atom is 0.166 e. The van der Waals surface area contributed by atoms with E-state index in [1.165, 1.54) is 10.8 Å². The van der Waals surface area contributed by atoms with Crippen LogP contribution in [-0.4, -0.2) is 33.2 Å². The molecule has 5 aromatic heterocycles. The fraction of sp³-hybridized carbons (Fsp3) is 0.0114. The van der Waals surface area contributed by atoms with Crippen LogP contribution in [-0.2, 0) is 0 Å². The fourth-order valence-corrected chi connectivity index (χ4v) is 15.7. The van der Waals surface area contributed by atoms with E-state index >= 15 is 0 Å². The van der Waals surface area contributed by atoms with Crippen LogP contribution in [0.4, 0.5) is 17.1 Å². The van der Waals surface area contributed by atoms with Crippen molar-refractivity contribution in [2.45, 2.75) is 6.17 Å². The minimum atomic E-state index is -0.248. The third kappa shape index (κ3) is 8.35. The highest BCUT2D eigenvalue weighted by Gasteiger charge is 2.34. The van der Waals surface area contributed by atoms with Crippen molar-refractivity contribution in [2.75, 3.05) is 10.2 Å². The number of benzene rings is 14. The van der Waals surface area contributed by atoms with Gasteiger partial charge < -0.3 is 28.5 Å². The van der Waals surface area contributed by atoms with Gasteiger partial charge in [0, 0.05) is 82.4 Å². The molecule has 0 fully saturated rings. The second-order valence-corrected chi connectivity index (χ2v) is 25.1. The molecule has 1 aliphatic rings. The summed E-state index contributed by atoms with van der Waals surface area (Å²) in [6, 6.07) is 121. The lowest BCUT2D eigenvalue weighted by Crippen LogP contribution is -2.23. The van der Waals surface area contributed by atoms with Crippen molar-refractivity contribution in [3.63, 3.8) is 0 Å². The summed E-state index contributed by atoms with van der Waals surface area (Å²) in [5, 5.41) is 13.2. The summed E-state index contributed by atoms with van der Waals surface area (Å²) in [6.45, 7) is 0. The van der Waals surface area contributed by atoms with E-state index < -0.39 is 0 Å². The molecule has 0 bridgehead atoms. The Morgan fingerprint density at radius 1 is 0.258 bits per heavy atom. The average Bonchev–Trinajstić information content (AvgIpc) is 1.50. The van der Waals surface area contributed by atoms with Crippen molar-refractivity contribution >= 4 is 104 Å². The van der Waals surface area contributed by atoms with Crippen LogP contribution in [0.2, 0.25) is 0 Å². The highest BCUT2D eigenvalue weighted by molar-refractivity contribution is 6.40. The van der Waals surface area contributed by atoms with E-state index in [0.717, 1.165) is 150 Å². The molecule has 0 saturated heterocycles. The van der Waals surface area contributed by atoms with Crippen molar-refractivity contribution in [3.8, 4) is 68.0 Å². The van der Waals surface area contributed by atoms with Crippen LogP contribution in [0.25, 0.3) is 155 Å². The number of aromatic nitrogens is 7. The first-order valence-electron chi connectivity index (χ1n) is 33.1. The Bertz CT molecular complexity index is 6170. The number of nitrogens with one attached hydrogen (secondary N) is 1. The second-order valence-electron chi connectivity index (χ2n) is 25.1. The Hall–Kier alpha value is -13.1. The van der Waals surface area contributed by atoms with Crippen LogP contribution in [0, 0.1) is 0 Å². The van der Waals surface area contributed by atoms with Gasteiger partial charge in [0.1, 0.15) is 6.17 Å². The molecule has 9 nitrogen and oxygen atoms in total. The van der Waals surface area contributed by atoms with E-state index in [1.807, 2.05) is 12.1 Å². The summed E-state index contributed by atoms with van der Waals surface area (Å²) >= 11 is 0. The summed E-state index contributed by atoms with van der Waals surface area (Å²) in [5.74, 6) is 1.69. The van der Waals surface area contributed by atoms with Crippen LogP contribution < -0.4 is 10.2 Å². The lowest BCUT2D eigenvalue weighted by molar-refractivity contribution is 0.828. The normalized spacial score (nSPS) is 13.1. The molecule has 0 radical (unpaired) electrons. The summed E-state index contributed by atoms with van der Waals surface area (Å²) in [5.41, 5.74) is 21.8. The van der Waals surface area contributed by atoms with Gasteiger partial charge in [-0.3, -0.25) is 0 Å². The van der Waals surface area contributed by atoms with Gasteiger partial charge in [-0.2, -0.15) is 0 Å². The number of hydrogen-bond donors (Lipinski definition) is 1. The van der Waals surface area contributed by atoms with Gasteiger partial charge in [0.25, 0.3) is 0 Å². The fourth-order valence-electron chi connectivity index (χ4n) is 15.7. The maximum atomic E-state index is 5.68. The van der Waals surface area contributed by atoms with Gasteiger partial charge >= 0.3 is 0 Å². The summed E-state index contributed by atoms with van der Waals surface area (Å²) in [6.07, 6.45) is -0.248. The molecule has 0 spiro atoms. The van der Waals surface area contributed by atoms with Crippen LogP contribution >= 0.6 is 0 Å². The molecule has 0 aliphatic carbocycles. The Kier molecular flexibility index (Phi) is 12.2. The van der Waals surface area contributed by atoms with E-state index in [2.05, 4.69) is 350 Å². The molecule has 19 aromatic rings. The van der Waals surface area contributed by atoms with Gasteiger partial charge in [0.05, 0.1) is 66.9 Å². The zero-order valence-electron chi connectivity index (χ0n) is 52.4. The van der Waals surface area contributed by atoms with Crippen LogP contribution in [0.5, 0.6) is 0 Å². The lowest BCUT2D eigenvalue weighted by atomic mass is 9.96. The summed E-state index contributed by atoms with van der Waals surface area (Å²) < 4.78 is 10.1. The first kappa shape index (κ1) is 54.4. The number of hydrogen-bond acceptors (Lipinski definition) is 5. The molecule has 20 rings (SSSR count). The van der Waals surface area contributed by atoms with E-state index in [-0.39, 0.29) is 6.17 Å². The smallest absolute Gasteiger partial charge is 0.166 e. The standard InChI is InChI=1S/C88H57N9/c1-6-29-56(30-7-1)85-90-86(57-31-8-2-9-32-57)92-87(91-85)69-55-77(68(54-78(69)96-71-47-22-16-41-63(71)64-42-17-23-48-72(64)96)58-33-28-34-59(53-58)88-89-70-46-21-27-52-76(70)95(88)62-39-14-5-15-40-62)97-75-51-26-20-45-67(75)81-83-79(65-43-18-24-49-73(65)93(83)60-35-10-3-11-36-60)82-80(84(81)97)66-44-19-25-50-74(66)94(82)61-37-12-4-13-38-61/h1-55,88-89H. The van der Waals surface area contributed by atoms with Crippen molar-refractivity contribution in [1.82, 2.24) is 33.2 Å². The summed E-state index contributed by atoms with van der Waals surface area (Å²) in [7, 11) is 0. The average molecular weight is 1240 g/mol. The molecule has 97 heavy (non-hydrogen) atoms. The van der Waals surface area contributed by atoms with E-state index in [4.69, 9.17) is 15.0 Å². The van der Waals surface area contributed by atoms with Crippen LogP contribution in [0.15, 0.2) is 334 Å². The summed E-state index contributed by atoms with van der Waals surface area (Å²) in [4.78, 5) is 19.1. The van der Waals surface area contributed by atoms with Crippen molar-refractivity contribution < 1.29 is 0 Å². The Morgan fingerprint density at radius 2 is 0.629 bits per heavy atom. The van der Waals surface area contributed by atoms with Crippen molar-refractivity contribution in [1.29, 1.82) is 0 Å². The highest BCUT2D eigenvalue weighted by Crippen LogP contribution is 2.53. The van der Waals surface area contributed by atoms with Gasteiger partial charge in [-0.05, 0) is 108 Å². The maximum absolute atomic E-state index is 5.68. The third-order valence-corrected chi connectivity index (χ3v) is 19.7. The molecule has 0 amide bonds. The Labute approximate surface area is 557 Å². The molecular formula is C88H57N9. The van der Waals surface area contributed by atoms with Crippen molar-refractivity contribution in [2.24, 2.45) is 0 Å². The minimum absolute atomic E-state index is 0.248. The predicted molar refractivity (Wildman–Crippen MR) is 400 cm³/mol. The van der Waals surface area contributed by atoms with Crippen LogP contribution in [0.3, 0.4) is 0 Å². The monoisotopic (exact) mass is 1240 g/mol. The van der Waals surface area contributed by atoms with E-state index in [0.29, 0.717) is 17.5 Å². The molecule has 1 unspecified atom stereocenters. The minimum Gasteiger partial charge on any atom is -0.359 e. The van der Waals surface area contributed by atoms with Gasteiger partial charge in [0.2, 0.25) is 0 Å². The Balaban J connectivity index is 1.00. The molecule has 14 aromatic carbocycles. The Morgan fingerprint density at radius 3 is 1.14 bits per heavy atom. The molecular weight excluding hydrogens is 1180 g/mol.